The van der Waals surface area contributed by atoms with E-state index in [0.717, 1.165) is 56.1 Å². The Balaban J connectivity index is 1.29. The minimum absolute atomic E-state index is 0.00286. The van der Waals surface area contributed by atoms with Gasteiger partial charge in [-0.2, -0.15) is 0 Å². The van der Waals surface area contributed by atoms with Crippen molar-refractivity contribution in [3.05, 3.63) is 53.9 Å². The number of hydrogen-bond acceptors (Lipinski definition) is 5. The molecular formula is C24H31N3O3. The third-order valence-electron chi connectivity index (χ3n) is 6.06. The minimum atomic E-state index is -0.00286. The van der Waals surface area contributed by atoms with Crippen molar-refractivity contribution < 1.29 is 14.3 Å². The topological polar surface area (TPSA) is 63.7 Å². The minimum Gasteiger partial charge on any atom is -0.454 e. The summed E-state index contributed by atoms with van der Waals surface area (Å²) in [5, 5.41) is 3.13. The Labute approximate surface area is 178 Å². The van der Waals surface area contributed by atoms with Gasteiger partial charge in [0.2, 0.25) is 12.7 Å². The van der Waals surface area contributed by atoms with Crippen molar-refractivity contribution in [2.75, 3.05) is 26.4 Å². The third kappa shape index (κ3) is 5.11. The number of piperidine rings is 1. The molecule has 2 atom stereocenters. The maximum Gasteiger partial charge on any atom is 0.231 e. The molecule has 4 rings (SSSR count). The van der Waals surface area contributed by atoms with E-state index in [1.807, 2.05) is 24.3 Å². The lowest BCUT2D eigenvalue weighted by Crippen LogP contribution is -2.42. The van der Waals surface area contributed by atoms with E-state index in [1.165, 1.54) is 5.56 Å². The quantitative estimate of drug-likeness (QED) is 0.757. The van der Waals surface area contributed by atoms with Gasteiger partial charge in [0, 0.05) is 19.7 Å². The second kappa shape index (κ2) is 9.47. The number of aromatic nitrogens is 1. The van der Waals surface area contributed by atoms with Crippen molar-refractivity contribution in [3.63, 3.8) is 0 Å². The zero-order valence-corrected chi connectivity index (χ0v) is 17.8. The molecule has 1 saturated heterocycles. The van der Waals surface area contributed by atoms with Crippen LogP contribution in [0.2, 0.25) is 0 Å². The van der Waals surface area contributed by atoms with Crippen molar-refractivity contribution in [1.82, 2.24) is 15.2 Å². The summed E-state index contributed by atoms with van der Waals surface area (Å²) in [6.07, 6.45) is 4.96. The molecule has 1 amide bonds. The summed E-state index contributed by atoms with van der Waals surface area (Å²) in [5.74, 6) is 2.69. The number of hydrogen-bond donors (Lipinski definition) is 1. The monoisotopic (exact) mass is 409 g/mol. The fourth-order valence-electron chi connectivity index (χ4n) is 4.66. The van der Waals surface area contributed by atoms with Crippen LogP contribution in [0.25, 0.3) is 0 Å². The Bertz CT molecular complexity index is 850. The number of fused-ring (bicyclic) bond motifs is 1. The number of carbonyl (C=O) groups is 1. The molecule has 1 N–H and O–H groups in total. The molecule has 0 saturated carbocycles. The third-order valence-corrected chi connectivity index (χ3v) is 6.06. The Morgan fingerprint density at radius 3 is 2.73 bits per heavy atom. The van der Waals surface area contributed by atoms with Crippen LogP contribution < -0.4 is 14.8 Å². The molecule has 2 aliphatic heterocycles. The van der Waals surface area contributed by atoms with Gasteiger partial charge in [-0.1, -0.05) is 19.1 Å². The van der Waals surface area contributed by atoms with Crippen LogP contribution >= 0.6 is 0 Å². The molecule has 1 fully saturated rings. The largest absolute Gasteiger partial charge is 0.454 e. The summed E-state index contributed by atoms with van der Waals surface area (Å²) in [4.78, 5) is 18.8. The van der Waals surface area contributed by atoms with Gasteiger partial charge in [0.15, 0.2) is 11.5 Å². The Morgan fingerprint density at radius 2 is 2.00 bits per heavy atom. The summed E-state index contributed by atoms with van der Waals surface area (Å²) < 4.78 is 10.9. The van der Waals surface area contributed by atoms with Gasteiger partial charge in [-0.05, 0) is 74.0 Å². The number of carbonyl (C=O) groups excluding carboxylic acids is 1. The van der Waals surface area contributed by atoms with Gasteiger partial charge in [0.1, 0.15) is 0 Å². The Morgan fingerprint density at radius 1 is 1.20 bits per heavy atom. The van der Waals surface area contributed by atoms with Crippen LogP contribution in [0.5, 0.6) is 11.5 Å². The highest BCUT2D eigenvalue weighted by molar-refractivity contribution is 5.73. The molecule has 0 unspecified atom stereocenters. The Hall–Kier alpha value is -2.60. The van der Waals surface area contributed by atoms with Gasteiger partial charge in [0.25, 0.3) is 0 Å². The number of nitrogens with one attached hydrogen (secondary N) is 1. The normalized spacial score (nSPS) is 18.7. The fraction of sp³-hybridized carbons (Fsp3) is 0.500. The SMILES string of the molecule is CC(=O)N[C@@H](c1ccccn1)C1CCN(C[C@@H](C)Cc2ccc3c(c2)OCO3)CC1. The molecule has 1 aromatic heterocycles. The number of nitrogens with zero attached hydrogens (tertiary/aromatic N) is 2. The van der Waals surface area contributed by atoms with E-state index in [4.69, 9.17) is 9.47 Å². The van der Waals surface area contributed by atoms with Gasteiger partial charge in [-0.25, -0.2) is 0 Å². The molecule has 6 heteroatoms. The van der Waals surface area contributed by atoms with Crippen LogP contribution in [0.4, 0.5) is 0 Å². The summed E-state index contributed by atoms with van der Waals surface area (Å²) in [5.41, 5.74) is 2.25. The van der Waals surface area contributed by atoms with Crippen LogP contribution in [-0.4, -0.2) is 42.2 Å². The first-order chi connectivity index (χ1) is 14.6. The molecule has 2 aromatic rings. The molecular weight excluding hydrogens is 378 g/mol. The highest BCUT2D eigenvalue weighted by atomic mass is 16.7. The lowest BCUT2D eigenvalue weighted by Gasteiger charge is -2.37. The van der Waals surface area contributed by atoms with E-state index in [1.54, 1.807) is 13.1 Å². The first-order valence-corrected chi connectivity index (χ1v) is 10.9. The highest BCUT2D eigenvalue weighted by Gasteiger charge is 2.29. The smallest absolute Gasteiger partial charge is 0.231 e. The lowest BCUT2D eigenvalue weighted by molar-refractivity contribution is -0.120. The molecule has 0 spiro atoms. The van der Waals surface area contributed by atoms with Gasteiger partial charge in [0.05, 0.1) is 11.7 Å². The van der Waals surface area contributed by atoms with Gasteiger partial charge < -0.3 is 19.7 Å². The number of benzene rings is 1. The maximum atomic E-state index is 11.8. The number of likely N-dealkylation sites (tertiary alicyclic amines) is 1. The van der Waals surface area contributed by atoms with Gasteiger partial charge in [-0.3, -0.25) is 9.78 Å². The predicted molar refractivity (Wildman–Crippen MR) is 115 cm³/mol. The summed E-state index contributed by atoms with van der Waals surface area (Å²) in [6, 6.07) is 12.2. The van der Waals surface area contributed by atoms with E-state index in [9.17, 15) is 4.79 Å². The van der Waals surface area contributed by atoms with E-state index in [-0.39, 0.29) is 11.9 Å². The standard InChI is InChI=1S/C24H31N3O3/c1-17(13-19-6-7-22-23(14-19)30-16-29-22)15-27-11-8-20(9-12-27)24(26-18(2)28)21-5-3-4-10-25-21/h3-7,10,14,17,20,24H,8-9,11-13,15-16H2,1-2H3,(H,26,28)/t17-,24+/m0/s1. The van der Waals surface area contributed by atoms with Crippen LogP contribution in [0.15, 0.2) is 42.6 Å². The molecule has 0 aliphatic carbocycles. The van der Waals surface area contributed by atoms with Crippen molar-refractivity contribution in [2.24, 2.45) is 11.8 Å². The van der Waals surface area contributed by atoms with E-state index < -0.39 is 0 Å². The fourth-order valence-corrected chi connectivity index (χ4v) is 4.66. The number of amides is 1. The van der Waals surface area contributed by atoms with E-state index in [0.29, 0.717) is 18.6 Å². The number of rotatable bonds is 7. The van der Waals surface area contributed by atoms with Crippen molar-refractivity contribution in [2.45, 2.75) is 39.2 Å². The van der Waals surface area contributed by atoms with Crippen molar-refractivity contribution >= 4 is 5.91 Å². The predicted octanol–water partition coefficient (Wildman–Crippen LogP) is 3.58. The van der Waals surface area contributed by atoms with Crippen LogP contribution in [-0.2, 0) is 11.2 Å². The summed E-state index contributed by atoms with van der Waals surface area (Å²) in [7, 11) is 0. The zero-order valence-electron chi connectivity index (χ0n) is 17.8. The molecule has 0 bridgehead atoms. The number of ether oxygens (including phenoxy) is 2. The second-order valence-electron chi connectivity index (χ2n) is 8.57. The van der Waals surface area contributed by atoms with Crippen LogP contribution in [0, 0.1) is 11.8 Å². The van der Waals surface area contributed by atoms with E-state index in [2.05, 4.69) is 34.3 Å². The van der Waals surface area contributed by atoms with Crippen molar-refractivity contribution in [3.8, 4) is 11.5 Å². The molecule has 30 heavy (non-hydrogen) atoms. The van der Waals surface area contributed by atoms with Gasteiger partial charge in [-0.15, -0.1) is 0 Å². The molecule has 3 heterocycles. The molecule has 2 aliphatic rings. The van der Waals surface area contributed by atoms with Gasteiger partial charge >= 0.3 is 0 Å². The van der Waals surface area contributed by atoms with Crippen LogP contribution in [0.1, 0.15) is 44.0 Å². The van der Waals surface area contributed by atoms with E-state index >= 15 is 0 Å². The molecule has 6 nitrogen and oxygen atoms in total. The number of pyridine rings is 1. The summed E-state index contributed by atoms with van der Waals surface area (Å²) >= 11 is 0. The maximum absolute atomic E-state index is 11.8. The molecule has 1 aromatic carbocycles. The zero-order chi connectivity index (χ0) is 20.9. The highest BCUT2D eigenvalue weighted by Crippen LogP contribution is 2.34. The molecule has 0 radical (unpaired) electrons. The van der Waals surface area contributed by atoms with Crippen molar-refractivity contribution in [1.29, 1.82) is 0 Å². The Kier molecular flexibility index (Phi) is 6.53. The lowest BCUT2D eigenvalue weighted by atomic mass is 9.86. The first kappa shape index (κ1) is 20.7. The average molecular weight is 410 g/mol. The average Bonchev–Trinajstić information content (AvgIpc) is 3.21. The summed E-state index contributed by atoms with van der Waals surface area (Å²) in [6.45, 7) is 7.41. The molecule has 160 valence electrons. The second-order valence-corrected chi connectivity index (χ2v) is 8.57. The first-order valence-electron chi connectivity index (χ1n) is 10.9. The van der Waals surface area contributed by atoms with Crippen LogP contribution in [0.3, 0.4) is 0 Å².